The summed E-state index contributed by atoms with van der Waals surface area (Å²) >= 11 is 0. The number of nitrogens with zero attached hydrogens (tertiary/aromatic N) is 2. The summed E-state index contributed by atoms with van der Waals surface area (Å²) in [5.41, 5.74) is -0.356. The Labute approximate surface area is 271 Å². The molecule has 2 atom stereocenters. The van der Waals surface area contributed by atoms with Crippen molar-refractivity contribution in [3.63, 3.8) is 0 Å². The lowest BCUT2D eigenvalue weighted by atomic mass is 9.85. The lowest BCUT2D eigenvalue weighted by molar-refractivity contribution is -0.137. The van der Waals surface area contributed by atoms with Gasteiger partial charge in [-0.3, -0.25) is 4.31 Å². The van der Waals surface area contributed by atoms with Crippen molar-refractivity contribution in [1.82, 2.24) is 0 Å². The molecule has 1 saturated heterocycles. The van der Waals surface area contributed by atoms with Gasteiger partial charge in [0.1, 0.15) is 11.6 Å². The molecule has 47 heavy (non-hydrogen) atoms. The summed E-state index contributed by atoms with van der Waals surface area (Å²) in [4.78, 5) is 1.53. The molecule has 5 rings (SSSR count). The van der Waals surface area contributed by atoms with Crippen LogP contribution in [0.2, 0.25) is 0 Å². The van der Waals surface area contributed by atoms with Crippen molar-refractivity contribution in [2.24, 2.45) is 5.41 Å². The number of fused-ring (bicyclic) bond motifs is 3. The monoisotopic (exact) mass is 684 g/mol. The molecular weight excluding hydrogens is 646 g/mol. The second-order valence-corrected chi connectivity index (χ2v) is 15.4. The molecule has 3 aromatic rings. The highest BCUT2D eigenvalue weighted by atomic mass is 32.2. The van der Waals surface area contributed by atoms with Gasteiger partial charge in [-0.15, -0.1) is 0 Å². The average Bonchev–Trinajstić information content (AvgIpc) is 2.97. The van der Waals surface area contributed by atoms with E-state index in [2.05, 4.69) is 30.4 Å². The largest absolute Gasteiger partial charge is 0.435 e. The predicted molar refractivity (Wildman–Crippen MR) is 168 cm³/mol. The van der Waals surface area contributed by atoms with Crippen molar-refractivity contribution in [3.8, 4) is 16.9 Å². The molecule has 0 amide bonds. The summed E-state index contributed by atoms with van der Waals surface area (Å²) in [6.45, 7) is 6.25. The van der Waals surface area contributed by atoms with Crippen LogP contribution in [0.3, 0.4) is 0 Å². The molecule has 0 radical (unpaired) electrons. The Morgan fingerprint density at radius 3 is 2.40 bits per heavy atom. The molecule has 6 nitrogen and oxygen atoms in total. The highest BCUT2D eigenvalue weighted by Gasteiger charge is 2.45. The topological polar surface area (TPSA) is 59.1 Å². The quantitative estimate of drug-likeness (QED) is 0.167. The average molecular weight is 685 g/mol. The van der Waals surface area contributed by atoms with Gasteiger partial charge in [0.25, 0.3) is 10.0 Å². The molecule has 0 bridgehead atoms. The Hall–Kier alpha value is -3.45. The lowest BCUT2D eigenvalue weighted by Gasteiger charge is -2.51. The third-order valence-corrected chi connectivity index (χ3v) is 10.4. The Morgan fingerprint density at radius 1 is 0.979 bits per heavy atom. The van der Waals surface area contributed by atoms with Crippen molar-refractivity contribution >= 4 is 21.4 Å². The number of sulfonamides is 1. The SMILES string of the molecule is CC(C)(C)CCCO[C@]1(C)CCN2c3ccc(-c4cc(F)cc(OC(F)F)c4)cc3N(S(=O)(=O)c3cccc(C(F)(F)F)c3)C[C@@H]2C1. The van der Waals surface area contributed by atoms with Gasteiger partial charge in [-0.1, -0.05) is 32.9 Å². The summed E-state index contributed by atoms with van der Waals surface area (Å²) in [5.74, 6) is -1.26. The molecule has 13 heteroatoms. The molecule has 3 aromatic carbocycles. The summed E-state index contributed by atoms with van der Waals surface area (Å²) in [6.07, 6.45) is -1.81. The van der Waals surface area contributed by atoms with E-state index in [1.807, 2.05) is 6.92 Å². The number of alkyl halides is 5. The van der Waals surface area contributed by atoms with Crippen LogP contribution >= 0.6 is 0 Å². The number of hydrogen-bond donors (Lipinski definition) is 0. The minimum atomic E-state index is -4.76. The number of benzene rings is 3. The Balaban J connectivity index is 1.54. The Kier molecular flexibility index (Phi) is 9.55. The third kappa shape index (κ3) is 7.99. The minimum Gasteiger partial charge on any atom is -0.435 e. The lowest BCUT2D eigenvalue weighted by Crippen LogP contribution is -2.58. The highest BCUT2D eigenvalue weighted by molar-refractivity contribution is 7.92. The fraction of sp³-hybridized carbons (Fsp3) is 0.471. The summed E-state index contributed by atoms with van der Waals surface area (Å²) < 4.78 is 121. The number of anilines is 2. The van der Waals surface area contributed by atoms with E-state index in [4.69, 9.17) is 4.74 Å². The van der Waals surface area contributed by atoms with E-state index in [0.717, 1.165) is 47.5 Å². The maximum atomic E-state index is 14.4. The number of piperidine rings is 1. The molecule has 0 aliphatic carbocycles. The van der Waals surface area contributed by atoms with Crippen LogP contribution in [0, 0.1) is 11.2 Å². The normalized spacial score (nSPS) is 20.3. The second kappa shape index (κ2) is 12.9. The second-order valence-electron chi connectivity index (χ2n) is 13.6. The number of ether oxygens (including phenoxy) is 2. The zero-order valence-electron chi connectivity index (χ0n) is 26.6. The zero-order valence-corrected chi connectivity index (χ0v) is 27.4. The zero-order chi connectivity index (χ0) is 34.4. The molecule has 0 N–H and O–H groups in total. The standard InChI is InChI=1S/C34H38F6N2O4S/c1-32(2,3)11-6-14-45-33(4)12-13-41-26(20-33)21-42(47(43,44)28-8-5-7-24(18-28)34(38,39)40)30-17-22(9-10-29(30)41)23-15-25(35)19-27(16-23)46-31(36)37/h5,7-10,15-19,26,31H,6,11-14,20-21H2,1-4H3/t26-,33+/m0/s1. The first-order valence-electron chi connectivity index (χ1n) is 15.4. The number of hydrogen-bond acceptors (Lipinski definition) is 5. The van der Waals surface area contributed by atoms with Crippen LogP contribution in [-0.2, 0) is 20.9 Å². The molecule has 0 aromatic heterocycles. The summed E-state index contributed by atoms with van der Waals surface area (Å²) in [7, 11) is -4.55. The molecule has 2 aliphatic heterocycles. The number of rotatable bonds is 9. The number of halogens is 6. The molecule has 1 fully saturated rings. The van der Waals surface area contributed by atoms with E-state index in [-0.39, 0.29) is 29.3 Å². The smallest absolute Gasteiger partial charge is 0.416 e. The van der Waals surface area contributed by atoms with Gasteiger partial charge in [-0.05, 0) is 91.6 Å². The van der Waals surface area contributed by atoms with E-state index in [9.17, 15) is 34.8 Å². The van der Waals surface area contributed by atoms with Crippen LogP contribution in [0.4, 0.5) is 37.7 Å². The van der Waals surface area contributed by atoms with Gasteiger partial charge in [0.2, 0.25) is 0 Å². The maximum Gasteiger partial charge on any atom is 0.416 e. The van der Waals surface area contributed by atoms with Gasteiger partial charge in [0.05, 0.1) is 40.0 Å². The van der Waals surface area contributed by atoms with Gasteiger partial charge in [0, 0.05) is 19.2 Å². The first kappa shape index (κ1) is 34.9. The Morgan fingerprint density at radius 2 is 1.72 bits per heavy atom. The molecule has 0 spiro atoms. The van der Waals surface area contributed by atoms with Crippen molar-refractivity contribution in [2.45, 2.75) is 82.7 Å². The fourth-order valence-corrected chi connectivity index (χ4v) is 7.86. The van der Waals surface area contributed by atoms with Crippen LogP contribution in [0.15, 0.2) is 65.6 Å². The van der Waals surface area contributed by atoms with E-state index in [1.54, 1.807) is 12.1 Å². The van der Waals surface area contributed by atoms with Crippen molar-refractivity contribution in [1.29, 1.82) is 0 Å². The van der Waals surface area contributed by atoms with Crippen LogP contribution < -0.4 is 13.9 Å². The van der Waals surface area contributed by atoms with Gasteiger partial charge in [0.15, 0.2) is 0 Å². The van der Waals surface area contributed by atoms with E-state index < -0.39 is 50.4 Å². The van der Waals surface area contributed by atoms with Gasteiger partial charge in [-0.25, -0.2) is 12.8 Å². The minimum absolute atomic E-state index is 0.0845. The maximum absolute atomic E-state index is 14.4. The van der Waals surface area contributed by atoms with Gasteiger partial charge in [-0.2, -0.15) is 22.0 Å². The summed E-state index contributed by atoms with van der Waals surface area (Å²) in [6, 6.07) is 11.1. The van der Waals surface area contributed by atoms with Crippen LogP contribution in [0.5, 0.6) is 5.75 Å². The van der Waals surface area contributed by atoms with Crippen LogP contribution in [0.25, 0.3) is 11.1 Å². The van der Waals surface area contributed by atoms with E-state index in [0.29, 0.717) is 43.3 Å². The Bertz CT molecular complexity index is 1710. The predicted octanol–water partition coefficient (Wildman–Crippen LogP) is 8.89. The first-order valence-corrected chi connectivity index (χ1v) is 16.8. The van der Waals surface area contributed by atoms with Gasteiger partial charge >= 0.3 is 12.8 Å². The van der Waals surface area contributed by atoms with Crippen molar-refractivity contribution in [3.05, 3.63) is 72.0 Å². The van der Waals surface area contributed by atoms with Crippen LogP contribution in [-0.4, -0.2) is 46.4 Å². The molecule has 0 unspecified atom stereocenters. The summed E-state index contributed by atoms with van der Waals surface area (Å²) in [5, 5.41) is 0. The van der Waals surface area contributed by atoms with Gasteiger partial charge < -0.3 is 14.4 Å². The molecule has 0 saturated carbocycles. The van der Waals surface area contributed by atoms with Crippen molar-refractivity contribution < 1.29 is 44.2 Å². The fourth-order valence-electron chi connectivity index (χ4n) is 6.31. The highest BCUT2D eigenvalue weighted by Crippen LogP contribution is 2.46. The van der Waals surface area contributed by atoms with E-state index >= 15 is 0 Å². The molecular formula is C34H38F6N2O4S. The first-order chi connectivity index (χ1) is 21.8. The van der Waals surface area contributed by atoms with E-state index in [1.165, 1.54) is 12.1 Å². The molecule has 2 heterocycles. The molecule has 256 valence electrons. The van der Waals surface area contributed by atoms with Crippen molar-refractivity contribution in [2.75, 3.05) is 28.9 Å². The molecule has 2 aliphatic rings. The third-order valence-electron chi connectivity index (χ3n) is 8.62. The van der Waals surface area contributed by atoms with Crippen LogP contribution in [0.1, 0.15) is 58.9 Å².